The van der Waals surface area contributed by atoms with E-state index < -0.39 is 28.5 Å². The third-order valence-electron chi connectivity index (χ3n) is 7.46. The number of hydrogen-bond donors (Lipinski definition) is 1. The Bertz CT molecular complexity index is 1720. The van der Waals surface area contributed by atoms with Gasteiger partial charge in [0.05, 0.1) is 10.6 Å². The average Bonchev–Trinajstić information content (AvgIpc) is 3.05. The van der Waals surface area contributed by atoms with Crippen LogP contribution in [0.15, 0.2) is 108 Å². The predicted octanol–water partition coefficient (Wildman–Crippen LogP) is 7.70. The Hall–Kier alpha value is -4.05. The van der Waals surface area contributed by atoms with Gasteiger partial charge in [-0.3, -0.25) is 13.9 Å². The molecule has 46 heavy (non-hydrogen) atoms. The van der Waals surface area contributed by atoms with Crippen LogP contribution in [0, 0.1) is 0 Å². The number of anilines is 1. The Morgan fingerprint density at radius 2 is 1.43 bits per heavy atom. The van der Waals surface area contributed by atoms with Gasteiger partial charge >= 0.3 is 0 Å². The van der Waals surface area contributed by atoms with Gasteiger partial charge in [-0.15, -0.1) is 0 Å². The van der Waals surface area contributed by atoms with Crippen molar-refractivity contribution in [2.45, 2.75) is 57.1 Å². The molecule has 4 rings (SSSR count). The summed E-state index contributed by atoms with van der Waals surface area (Å²) >= 11 is 12.6. The van der Waals surface area contributed by atoms with Crippen molar-refractivity contribution in [3.05, 3.63) is 119 Å². The lowest BCUT2D eigenvalue weighted by molar-refractivity contribution is -0.140. The van der Waals surface area contributed by atoms with Gasteiger partial charge in [-0.2, -0.15) is 0 Å². The number of hydrogen-bond acceptors (Lipinski definition) is 5. The molecule has 8 nitrogen and oxygen atoms in total. The maximum absolute atomic E-state index is 14.3. The van der Waals surface area contributed by atoms with Crippen molar-refractivity contribution in [2.24, 2.45) is 0 Å². The second kappa shape index (κ2) is 16.0. The van der Waals surface area contributed by atoms with Gasteiger partial charge in [-0.05, 0) is 86.0 Å². The number of rotatable bonds is 14. The molecular weight excluding hydrogens is 645 g/mol. The number of amides is 2. The van der Waals surface area contributed by atoms with Crippen molar-refractivity contribution in [1.82, 2.24) is 10.2 Å². The second-order valence-electron chi connectivity index (χ2n) is 10.7. The molecule has 11 heteroatoms. The van der Waals surface area contributed by atoms with Gasteiger partial charge in [0, 0.05) is 22.6 Å². The van der Waals surface area contributed by atoms with Crippen molar-refractivity contribution in [2.75, 3.05) is 10.8 Å². The number of para-hydroxylation sites is 1. The molecule has 4 aromatic rings. The number of carbonyl (C=O) groups is 2. The van der Waals surface area contributed by atoms with E-state index in [9.17, 15) is 18.0 Å². The van der Waals surface area contributed by atoms with Crippen LogP contribution in [0.5, 0.6) is 11.5 Å². The molecule has 0 unspecified atom stereocenters. The number of halogens is 2. The van der Waals surface area contributed by atoms with Gasteiger partial charge in [0.1, 0.15) is 24.1 Å². The molecule has 0 radical (unpaired) electrons. The molecule has 0 saturated heterocycles. The maximum Gasteiger partial charge on any atom is 0.264 e. The maximum atomic E-state index is 14.3. The SMILES string of the molecule is CC[C@H](C(=O)N[C@@H](C)CC)N(Cc1ccc(Cl)cc1Cl)C(=O)CN(c1ccc(Oc2ccccc2)cc1)S(=O)(=O)c1ccccc1. The third-order valence-corrected chi connectivity index (χ3v) is 9.83. The summed E-state index contributed by atoms with van der Waals surface area (Å²) in [5.41, 5.74) is 0.813. The minimum absolute atomic E-state index is 0.0151. The van der Waals surface area contributed by atoms with Crippen molar-refractivity contribution < 1.29 is 22.7 Å². The Morgan fingerprint density at radius 3 is 2.02 bits per heavy atom. The van der Waals surface area contributed by atoms with Gasteiger partial charge in [0.25, 0.3) is 10.0 Å². The number of nitrogens with zero attached hydrogens (tertiary/aromatic N) is 2. The first-order valence-electron chi connectivity index (χ1n) is 15.0. The summed E-state index contributed by atoms with van der Waals surface area (Å²) in [6, 6.07) is 27.4. The quantitative estimate of drug-likeness (QED) is 0.147. The van der Waals surface area contributed by atoms with Gasteiger partial charge in [-0.25, -0.2) is 8.42 Å². The molecule has 0 aromatic heterocycles. The highest BCUT2D eigenvalue weighted by atomic mass is 35.5. The molecule has 1 N–H and O–H groups in total. The summed E-state index contributed by atoms with van der Waals surface area (Å²) in [6.45, 7) is 5.02. The van der Waals surface area contributed by atoms with E-state index in [1.54, 1.807) is 67.6 Å². The van der Waals surface area contributed by atoms with E-state index in [0.29, 0.717) is 33.5 Å². The van der Waals surface area contributed by atoms with Crippen molar-refractivity contribution >= 4 is 50.7 Å². The van der Waals surface area contributed by atoms with Gasteiger partial charge in [0.15, 0.2) is 0 Å². The van der Waals surface area contributed by atoms with Crippen LogP contribution in [-0.2, 0) is 26.2 Å². The smallest absolute Gasteiger partial charge is 0.264 e. The Balaban J connectivity index is 1.73. The van der Waals surface area contributed by atoms with E-state index in [2.05, 4.69) is 5.32 Å². The number of benzene rings is 4. The zero-order valence-corrected chi connectivity index (χ0v) is 28.2. The molecule has 242 valence electrons. The largest absolute Gasteiger partial charge is 0.457 e. The molecule has 0 aliphatic heterocycles. The van der Waals surface area contributed by atoms with Crippen LogP contribution in [-0.4, -0.2) is 43.8 Å². The molecule has 0 heterocycles. The minimum Gasteiger partial charge on any atom is -0.457 e. The predicted molar refractivity (Wildman–Crippen MR) is 183 cm³/mol. The van der Waals surface area contributed by atoms with Crippen LogP contribution in [0.1, 0.15) is 39.2 Å². The first kappa shape index (κ1) is 34.8. The van der Waals surface area contributed by atoms with Crippen molar-refractivity contribution in [3.63, 3.8) is 0 Å². The standard InChI is InChI=1S/C35H37Cl2N3O5S/c1-4-25(3)38-35(42)33(5-2)39(23-26-16-17-27(36)22-32(26)37)34(41)24-40(46(43,44)31-14-10-7-11-15-31)28-18-20-30(21-19-28)45-29-12-8-6-9-13-29/h6-22,25,33H,4-5,23-24H2,1-3H3,(H,38,42)/t25-,33+/m0/s1. The fourth-order valence-corrected chi connectivity index (χ4v) is 6.65. The molecule has 0 fully saturated rings. The van der Waals surface area contributed by atoms with Crippen LogP contribution in [0.4, 0.5) is 5.69 Å². The zero-order valence-electron chi connectivity index (χ0n) is 25.9. The van der Waals surface area contributed by atoms with Crippen LogP contribution in [0.3, 0.4) is 0 Å². The highest BCUT2D eigenvalue weighted by Gasteiger charge is 2.34. The van der Waals surface area contributed by atoms with Gasteiger partial charge < -0.3 is 15.0 Å². The Morgan fingerprint density at radius 1 is 0.826 bits per heavy atom. The normalized spacial score (nSPS) is 12.5. The number of ether oxygens (including phenoxy) is 1. The van der Waals surface area contributed by atoms with Crippen LogP contribution in [0.25, 0.3) is 0 Å². The second-order valence-corrected chi connectivity index (χ2v) is 13.4. The topological polar surface area (TPSA) is 96.0 Å². The summed E-state index contributed by atoms with van der Waals surface area (Å²) in [7, 11) is -4.22. The Kier molecular flexibility index (Phi) is 12.1. The van der Waals surface area contributed by atoms with Gasteiger partial charge in [-0.1, -0.05) is 79.5 Å². The monoisotopic (exact) mass is 681 g/mol. The fourth-order valence-electron chi connectivity index (χ4n) is 4.75. The first-order valence-corrected chi connectivity index (χ1v) is 17.2. The fraction of sp³-hybridized carbons (Fsp3) is 0.257. The number of nitrogens with one attached hydrogen (secondary N) is 1. The highest BCUT2D eigenvalue weighted by Crippen LogP contribution is 2.29. The third kappa shape index (κ3) is 8.81. The molecule has 0 aliphatic carbocycles. The average molecular weight is 683 g/mol. The highest BCUT2D eigenvalue weighted by molar-refractivity contribution is 7.92. The molecule has 4 aromatic carbocycles. The Labute approximate surface area is 280 Å². The lowest BCUT2D eigenvalue weighted by Gasteiger charge is -2.34. The number of carbonyl (C=O) groups excluding carboxylic acids is 2. The van der Waals surface area contributed by atoms with E-state index in [1.165, 1.54) is 17.0 Å². The molecule has 0 spiro atoms. The summed E-state index contributed by atoms with van der Waals surface area (Å²) in [4.78, 5) is 29.2. The van der Waals surface area contributed by atoms with E-state index in [1.807, 2.05) is 44.2 Å². The van der Waals surface area contributed by atoms with Gasteiger partial charge in [0.2, 0.25) is 11.8 Å². The van der Waals surface area contributed by atoms with E-state index in [4.69, 9.17) is 27.9 Å². The molecule has 2 amide bonds. The molecule has 0 aliphatic rings. The first-order chi connectivity index (χ1) is 22.0. The number of sulfonamides is 1. The van der Waals surface area contributed by atoms with Crippen LogP contribution >= 0.6 is 23.2 Å². The van der Waals surface area contributed by atoms with E-state index in [-0.39, 0.29) is 35.5 Å². The lowest BCUT2D eigenvalue weighted by atomic mass is 10.1. The molecule has 0 saturated carbocycles. The zero-order chi connectivity index (χ0) is 33.3. The summed E-state index contributed by atoms with van der Waals surface area (Å²) in [6.07, 6.45) is 0.988. The minimum atomic E-state index is -4.22. The molecule has 2 atom stereocenters. The summed E-state index contributed by atoms with van der Waals surface area (Å²) < 4.78 is 35.1. The van der Waals surface area contributed by atoms with Crippen LogP contribution in [0.2, 0.25) is 10.0 Å². The van der Waals surface area contributed by atoms with Crippen molar-refractivity contribution in [1.29, 1.82) is 0 Å². The van der Waals surface area contributed by atoms with E-state index in [0.717, 1.165) is 4.31 Å². The molecular formula is C35H37Cl2N3O5S. The summed E-state index contributed by atoms with van der Waals surface area (Å²) in [5, 5.41) is 3.71. The summed E-state index contributed by atoms with van der Waals surface area (Å²) in [5.74, 6) is 0.193. The molecule has 0 bridgehead atoms. The van der Waals surface area contributed by atoms with Crippen molar-refractivity contribution in [3.8, 4) is 11.5 Å². The lowest BCUT2D eigenvalue weighted by Crippen LogP contribution is -2.53. The van der Waals surface area contributed by atoms with Crippen LogP contribution < -0.4 is 14.4 Å². The van der Waals surface area contributed by atoms with E-state index >= 15 is 0 Å².